The van der Waals surface area contributed by atoms with Gasteiger partial charge in [-0.2, -0.15) is 11.8 Å². The highest BCUT2D eigenvalue weighted by molar-refractivity contribution is 7.99. The van der Waals surface area contributed by atoms with Crippen LogP contribution < -0.4 is 4.90 Å². The number of hydrogen-bond acceptors (Lipinski definition) is 6. The predicted octanol–water partition coefficient (Wildman–Crippen LogP) is 5.52. The molecule has 0 saturated carbocycles. The van der Waals surface area contributed by atoms with Gasteiger partial charge < -0.3 is 9.64 Å². The Hall–Kier alpha value is -2.65. The number of benzene rings is 2. The van der Waals surface area contributed by atoms with Gasteiger partial charge in [-0.1, -0.05) is 19.9 Å². The first-order chi connectivity index (χ1) is 15.9. The Morgan fingerprint density at radius 1 is 1.18 bits per heavy atom. The van der Waals surface area contributed by atoms with Crippen molar-refractivity contribution in [1.82, 2.24) is 9.88 Å². The van der Waals surface area contributed by atoms with Gasteiger partial charge in [-0.25, -0.2) is 19.0 Å². The van der Waals surface area contributed by atoms with E-state index in [1.54, 1.807) is 16.2 Å². The third-order valence-electron chi connectivity index (χ3n) is 5.51. The van der Waals surface area contributed by atoms with Gasteiger partial charge in [0.25, 0.3) is 0 Å². The summed E-state index contributed by atoms with van der Waals surface area (Å²) < 4.78 is 20.6. The van der Waals surface area contributed by atoms with Gasteiger partial charge in [0.1, 0.15) is 5.82 Å². The SMILES string of the molecule is COC(=O)c1ccc(CN(C(=O)N2CCSCC2)c2ccc3nc(C(C)C)sc3c2)c(F)c1. The Bertz CT molecular complexity index is 1170. The highest BCUT2D eigenvalue weighted by Crippen LogP contribution is 2.32. The van der Waals surface area contributed by atoms with Crippen LogP contribution in [0.3, 0.4) is 0 Å². The number of ether oxygens (including phenoxy) is 1. The summed E-state index contributed by atoms with van der Waals surface area (Å²) in [6, 6.07) is 9.79. The van der Waals surface area contributed by atoms with E-state index < -0.39 is 11.8 Å². The zero-order valence-electron chi connectivity index (χ0n) is 18.8. The lowest BCUT2D eigenvalue weighted by Gasteiger charge is -2.33. The first-order valence-electron chi connectivity index (χ1n) is 10.8. The summed E-state index contributed by atoms with van der Waals surface area (Å²) in [5, 5.41) is 1.04. The summed E-state index contributed by atoms with van der Waals surface area (Å²) >= 11 is 3.43. The van der Waals surface area contributed by atoms with Crippen LogP contribution in [0.25, 0.3) is 10.2 Å². The number of urea groups is 1. The number of halogens is 1. The molecule has 174 valence electrons. The summed E-state index contributed by atoms with van der Waals surface area (Å²) in [6.45, 7) is 5.57. The molecule has 33 heavy (non-hydrogen) atoms. The van der Waals surface area contributed by atoms with E-state index in [1.807, 2.05) is 34.9 Å². The van der Waals surface area contributed by atoms with Gasteiger partial charge in [-0.3, -0.25) is 4.90 Å². The van der Waals surface area contributed by atoms with Gasteiger partial charge in [-0.15, -0.1) is 11.3 Å². The number of carbonyl (C=O) groups is 2. The summed E-state index contributed by atoms with van der Waals surface area (Å²) in [5.74, 6) is 0.930. The van der Waals surface area contributed by atoms with Gasteiger partial charge in [0.2, 0.25) is 0 Å². The van der Waals surface area contributed by atoms with Crippen molar-refractivity contribution in [3.8, 4) is 0 Å². The average molecular weight is 488 g/mol. The fourth-order valence-electron chi connectivity index (χ4n) is 3.63. The number of carbonyl (C=O) groups excluding carboxylic acids is 2. The van der Waals surface area contributed by atoms with E-state index in [9.17, 15) is 14.0 Å². The molecule has 0 bridgehead atoms. The van der Waals surface area contributed by atoms with E-state index in [1.165, 1.54) is 19.2 Å². The third kappa shape index (κ3) is 5.14. The van der Waals surface area contributed by atoms with Crippen LogP contribution in [-0.2, 0) is 11.3 Å². The second-order valence-electron chi connectivity index (χ2n) is 8.12. The molecule has 1 aromatic heterocycles. The van der Waals surface area contributed by atoms with Crippen molar-refractivity contribution in [2.75, 3.05) is 36.6 Å². The monoisotopic (exact) mass is 487 g/mol. The maximum absolute atomic E-state index is 14.9. The highest BCUT2D eigenvalue weighted by Gasteiger charge is 2.26. The zero-order valence-corrected chi connectivity index (χ0v) is 20.5. The number of hydrogen-bond donors (Lipinski definition) is 0. The minimum Gasteiger partial charge on any atom is -0.465 e. The van der Waals surface area contributed by atoms with Crippen LogP contribution in [0.5, 0.6) is 0 Å². The lowest BCUT2D eigenvalue weighted by atomic mass is 10.1. The smallest absolute Gasteiger partial charge is 0.337 e. The van der Waals surface area contributed by atoms with Crippen molar-refractivity contribution in [1.29, 1.82) is 0 Å². The molecular weight excluding hydrogens is 461 g/mol. The maximum atomic E-state index is 14.9. The molecule has 0 unspecified atom stereocenters. The van der Waals surface area contributed by atoms with E-state index in [-0.39, 0.29) is 18.1 Å². The lowest BCUT2D eigenvalue weighted by Crippen LogP contribution is -2.46. The lowest BCUT2D eigenvalue weighted by molar-refractivity contribution is 0.0600. The Morgan fingerprint density at radius 2 is 1.94 bits per heavy atom. The second kappa shape index (κ2) is 10.1. The molecular formula is C24H26FN3O3S2. The minimum atomic E-state index is -0.601. The maximum Gasteiger partial charge on any atom is 0.337 e. The molecule has 1 fully saturated rings. The quantitative estimate of drug-likeness (QED) is 0.444. The molecule has 1 aliphatic heterocycles. The normalized spacial score (nSPS) is 14.0. The van der Waals surface area contributed by atoms with Gasteiger partial charge in [0.15, 0.2) is 0 Å². The molecule has 0 spiro atoms. The highest BCUT2D eigenvalue weighted by atomic mass is 32.2. The molecule has 2 heterocycles. The van der Waals surface area contributed by atoms with E-state index in [4.69, 9.17) is 0 Å². The van der Waals surface area contributed by atoms with Crippen LogP contribution in [0.15, 0.2) is 36.4 Å². The number of methoxy groups -OCH3 is 1. The predicted molar refractivity (Wildman–Crippen MR) is 132 cm³/mol. The Kier molecular flexibility index (Phi) is 7.19. The average Bonchev–Trinajstić information content (AvgIpc) is 3.27. The first kappa shape index (κ1) is 23.5. The van der Waals surface area contributed by atoms with Crippen LogP contribution in [-0.4, -0.2) is 53.6 Å². The number of thioether (sulfide) groups is 1. The molecule has 0 atom stereocenters. The van der Waals surface area contributed by atoms with Crippen molar-refractivity contribution in [2.24, 2.45) is 0 Å². The number of thiazole rings is 1. The second-order valence-corrected chi connectivity index (χ2v) is 10.4. The zero-order chi connectivity index (χ0) is 23.5. The number of fused-ring (bicyclic) bond motifs is 1. The fourth-order valence-corrected chi connectivity index (χ4v) is 5.54. The molecule has 6 nitrogen and oxygen atoms in total. The number of aromatic nitrogens is 1. The van der Waals surface area contributed by atoms with Crippen LogP contribution in [0.2, 0.25) is 0 Å². The molecule has 3 aromatic rings. The van der Waals surface area contributed by atoms with Crippen LogP contribution in [0.1, 0.15) is 40.7 Å². The molecule has 2 amide bonds. The van der Waals surface area contributed by atoms with Crippen molar-refractivity contribution in [3.05, 3.63) is 58.3 Å². The summed E-state index contributed by atoms with van der Waals surface area (Å²) in [5.41, 5.74) is 2.05. The summed E-state index contributed by atoms with van der Waals surface area (Å²) in [4.78, 5) is 33.4. The minimum absolute atomic E-state index is 0.0527. The molecule has 0 aliphatic carbocycles. The molecule has 1 saturated heterocycles. The van der Waals surface area contributed by atoms with E-state index in [0.717, 1.165) is 32.8 Å². The van der Waals surface area contributed by atoms with E-state index >= 15 is 0 Å². The summed E-state index contributed by atoms with van der Waals surface area (Å²) in [6.07, 6.45) is 0. The van der Waals surface area contributed by atoms with Crippen LogP contribution in [0, 0.1) is 5.82 Å². The van der Waals surface area contributed by atoms with Gasteiger partial charge in [0.05, 0.1) is 34.4 Å². The topological polar surface area (TPSA) is 62.7 Å². The first-order valence-corrected chi connectivity index (χ1v) is 12.8. The van der Waals surface area contributed by atoms with Crippen LogP contribution >= 0.6 is 23.1 Å². The van der Waals surface area contributed by atoms with Crippen molar-refractivity contribution in [3.63, 3.8) is 0 Å². The molecule has 0 radical (unpaired) electrons. The van der Waals surface area contributed by atoms with Crippen molar-refractivity contribution in [2.45, 2.75) is 26.3 Å². The van der Waals surface area contributed by atoms with Crippen molar-refractivity contribution < 1.29 is 18.7 Å². The number of anilines is 1. The Labute approximate surface area is 200 Å². The van der Waals surface area contributed by atoms with Crippen molar-refractivity contribution >= 4 is 51.0 Å². The third-order valence-corrected chi connectivity index (χ3v) is 7.77. The number of esters is 1. The molecule has 9 heteroatoms. The molecule has 4 rings (SSSR count). The standard InChI is InChI=1S/C24H26FN3O3S2/c1-15(2)22-26-20-7-6-18(13-21(20)33-22)28(24(30)27-8-10-32-11-9-27)14-17-5-4-16(12-19(17)25)23(29)31-3/h4-7,12-13,15H,8-11,14H2,1-3H3. The Morgan fingerprint density at radius 3 is 2.61 bits per heavy atom. The number of amides is 2. The number of rotatable bonds is 5. The number of nitrogens with zero attached hydrogens (tertiary/aromatic N) is 3. The van der Waals surface area contributed by atoms with E-state index in [2.05, 4.69) is 23.6 Å². The fraction of sp³-hybridized carbons (Fsp3) is 0.375. The molecule has 1 aliphatic rings. The van der Waals surface area contributed by atoms with E-state index in [0.29, 0.717) is 30.3 Å². The van der Waals surface area contributed by atoms with Crippen LogP contribution in [0.4, 0.5) is 14.9 Å². The Balaban J connectivity index is 1.70. The largest absolute Gasteiger partial charge is 0.465 e. The molecule has 2 aromatic carbocycles. The van der Waals surface area contributed by atoms with Gasteiger partial charge in [-0.05, 0) is 30.3 Å². The van der Waals surface area contributed by atoms with Gasteiger partial charge in [0, 0.05) is 41.8 Å². The van der Waals surface area contributed by atoms with Gasteiger partial charge >= 0.3 is 12.0 Å². The molecule has 0 N–H and O–H groups in total. The summed E-state index contributed by atoms with van der Waals surface area (Å²) in [7, 11) is 1.26.